The van der Waals surface area contributed by atoms with Gasteiger partial charge in [-0.15, -0.1) is 0 Å². The number of aromatic carboxylic acids is 1. The van der Waals surface area contributed by atoms with Crippen molar-refractivity contribution in [3.63, 3.8) is 0 Å². The number of hydrogen-bond acceptors (Lipinski definition) is 3. The van der Waals surface area contributed by atoms with Crippen LogP contribution in [0.3, 0.4) is 0 Å². The van der Waals surface area contributed by atoms with Gasteiger partial charge in [0.1, 0.15) is 0 Å². The first-order valence-electron chi connectivity index (χ1n) is 5.32. The van der Waals surface area contributed by atoms with E-state index in [-0.39, 0.29) is 23.0 Å². The molecule has 1 aromatic carbocycles. The van der Waals surface area contributed by atoms with E-state index in [1.54, 1.807) is 19.9 Å². The highest BCUT2D eigenvalue weighted by Gasteiger charge is 2.26. The number of carbonyl (C=O) groups is 2. The second kappa shape index (κ2) is 5.37. The van der Waals surface area contributed by atoms with Crippen molar-refractivity contribution in [1.82, 2.24) is 0 Å². The number of amides is 1. The summed E-state index contributed by atoms with van der Waals surface area (Å²) in [4.78, 5) is 22.8. The fourth-order valence-corrected chi connectivity index (χ4v) is 1.36. The maximum Gasteiger partial charge on any atom is 0.337 e. The van der Waals surface area contributed by atoms with Gasteiger partial charge in [0.05, 0.1) is 16.0 Å². The van der Waals surface area contributed by atoms with Crippen molar-refractivity contribution in [3.05, 3.63) is 28.8 Å². The van der Waals surface area contributed by atoms with Crippen LogP contribution in [0.1, 0.15) is 24.2 Å². The van der Waals surface area contributed by atoms with Gasteiger partial charge >= 0.3 is 5.97 Å². The lowest BCUT2D eigenvalue weighted by molar-refractivity contribution is -0.123. The van der Waals surface area contributed by atoms with Crippen molar-refractivity contribution >= 4 is 29.2 Å². The number of halogens is 1. The van der Waals surface area contributed by atoms with Gasteiger partial charge in [0.15, 0.2) is 0 Å². The average molecular weight is 271 g/mol. The molecular formula is C12H15ClN2O3. The van der Waals surface area contributed by atoms with Gasteiger partial charge in [-0.3, -0.25) is 4.79 Å². The molecule has 0 aliphatic carbocycles. The number of hydrogen-bond donors (Lipinski definition) is 3. The lowest BCUT2D eigenvalue weighted by atomic mass is 9.92. The summed E-state index contributed by atoms with van der Waals surface area (Å²) in [6, 6.07) is 4.28. The van der Waals surface area contributed by atoms with Gasteiger partial charge in [-0.05, 0) is 32.0 Å². The van der Waals surface area contributed by atoms with Gasteiger partial charge in [0.2, 0.25) is 5.91 Å². The summed E-state index contributed by atoms with van der Waals surface area (Å²) < 4.78 is 0. The number of carboxylic acids is 1. The molecule has 4 N–H and O–H groups in total. The quantitative estimate of drug-likeness (QED) is 0.780. The topological polar surface area (TPSA) is 92.4 Å². The van der Waals surface area contributed by atoms with Gasteiger partial charge in [-0.1, -0.05) is 11.6 Å². The molecular weight excluding hydrogens is 256 g/mol. The Morgan fingerprint density at radius 2 is 2.06 bits per heavy atom. The standard InChI is InChI=1S/C12H15ClN2O3/c1-12(2,6-14)11(18)15-7-3-4-9(13)8(5-7)10(16)17/h3-5H,6,14H2,1-2H3,(H,15,18)(H,16,17). The Hall–Kier alpha value is -1.59. The van der Waals surface area contributed by atoms with E-state index in [0.717, 1.165) is 0 Å². The normalized spacial score (nSPS) is 11.1. The molecule has 98 valence electrons. The molecule has 18 heavy (non-hydrogen) atoms. The zero-order chi connectivity index (χ0) is 13.9. The Bertz CT molecular complexity index is 486. The molecule has 5 nitrogen and oxygen atoms in total. The number of carbonyl (C=O) groups excluding carboxylic acids is 1. The lowest BCUT2D eigenvalue weighted by Gasteiger charge is -2.21. The van der Waals surface area contributed by atoms with Crippen LogP contribution in [0.25, 0.3) is 0 Å². The molecule has 0 aliphatic heterocycles. The predicted octanol–water partition coefficient (Wildman–Crippen LogP) is 1.96. The summed E-state index contributed by atoms with van der Waals surface area (Å²) in [6.07, 6.45) is 0. The zero-order valence-electron chi connectivity index (χ0n) is 10.2. The highest BCUT2D eigenvalue weighted by molar-refractivity contribution is 6.33. The fraction of sp³-hybridized carbons (Fsp3) is 0.333. The third-order valence-electron chi connectivity index (χ3n) is 2.58. The minimum Gasteiger partial charge on any atom is -0.478 e. The van der Waals surface area contributed by atoms with Crippen LogP contribution < -0.4 is 11.1 Å². The highest BCUT2D eigenvalue weighted by Crippen LogP contribution is 2.22. The lowest BCUT2D eigenvalue weighted by Crippen LogP contribution is -2.37. The van der Waals surface area contributed by atoms with Crippen LogP contribution >= 0.6 is 11.6 Å². The molecule has 0 atom stereocenters. The summed E-state index contributed by atoms with van der Waals surface area (Å²) in [5.74, 6) is -1.42. The van der Waals surface area contributed by atoms with Crippen molar-refractivity contribution in [3.8, 4) is 0 Å². The molecule has 0 unspecified atom stereocenters. The first kappa shape index (κ1) is 14.5. The molecule has 0 saturated carbocycles. The van der Waals surface area contributed by atoms with Crippen molar-refractivity contribution in [2.45, 2.75) is 13.8 Å². The number of carboxylic acid groups (broad SMARTS) is 1. The molecule has 0 bridgehead atoms. The minimum absolute atomic E-state index is 0.0555. The first-order valence-corrected chi connectivity index (χ1v) is 5.70. The number of benzene rings is 1. The largest absolute Gasteiger partial charge is 0.478 e. The molecule has 0 radical (unpaired) electrons. The summed E-state index contributed by atoms with van der Waals surface area (Å²) >= 11 is 5.73. The summed E-state index contributed by atoms with van der Waals surface area (Å²) in [7, 11) is 0. The molecule has 0 saturated heterocycles. The Morgan fingerprint density at radius 1 is 1.44 bits per heavy atom. The van der Waals surface area contributed by atoms with Gasteiger partial charge in [-0.25, -0.2) is 4.79 Å². The highest BCUT2D eigenvalue weighted by atomic mass is 35.5. The second-order valence-electron chi connectivity index (χ2n) is 4.54. The van der Waals surface area contributed by atoms with Gasteiger partial charge in [0.25, 0.3) is 0 Å². The Balaban J connectivity index is 2.96. The van der Waals surface area contributed by atoms with Crippen molar-refractivity contribution in [2.24, 2.45) is 11.1 Å². The number of nitrogens with one attached hydrogen (secondary N) is 1. The Labute approximate surface area is 110 Å². The molecule has 1 rings (SSSR count). The van der Waals surface area contributed by atoms with Gasteiger partial charge < -0.3 is 16.2 Å². The van der Waals surface area contributed by atoms with E-state index in [1.165, 1.54) is 12.1 Å². The Kier molecular flexibility index (Phi) is 4.32. The molecule has 6 heteroatoms. The molecule has 0 spiro atoms. The van der Waals surface area contributed by atoms with Crippen molar-refractivity contribution < 1.29 is 14.7 Å². The second-order valence-corrected chi connectivity index (χ2v) is 4.95. The van der Waals surface area contributed by atoms with E-state index in [1.807, 2.05) is 0 Å². The van der Waals surface area contributed by atoms with E-state index in [9.17, 15) is 9.59 Å². The monoisotopic (exact) mass is 270 g/mol. The van der Waals surface area contributed by atoms with Crippen LogP contribution in [0.5, 0.6) is 0 Å². The maximum atomic E-state index is 11.9. The first-order chi connectivity index (χ1) is 8.27. The van der Waals surface area contributed by atoms with Crippen LogP contribution in [0.2, 0.25) is 5.02 Å². The molecule has 1 aromatic rings. The van der Waals surface area contributed by atoms with E-state index in [0.29, 0.717) is 5.69 Å². The summed E-state index contributed by atoms with van der Waals surface area (Å²) in [5.41, 5.74) is 5.09. The molecule has 0 heterocycles. The summed E-state index contributed by atoms with van der Waals surface area (Å²) in [5, 5.41) is 11.7. The maximum absolute atomic E-state index is 11.9. The predicted molar refractivity (Wildman–Crippen MR) is 69.9 cm³/mol. The number of rotatable bonds is 4. The average Bonchev–Trinajstić information content (AvgIpc) is 2.31. The SMILES string of the molecule is CC(C)(CN)C(=O)Nc1ccc(Cl)c(C(=O)O)c1. The van der Waals surface area contributed by atoms with E-state index < -0.39 is 11.4 Å². The molecule has 0 fully saturated rings. The van der Waals surface area contributed by atoms with Crippen LogP contribution in [0, 0.1) is 5.41 Å². The van der Waals surface area contributed by atoms with E-state index in [2.05, 4.69) is 5.32 Å². The van der Waals surface area contributed by atoms with Gasteiger partial charge in [-0.2, -0.15) is 0 Å². The van der Waals surface area contributed by atoms with E-state index >= 15 is 0 Å². The van der Waals surface area contributed by atoms with Crippen LogP contribution in [0.4, 0.5) is 5.69 Å². The number of nitrogens with two attached hydrogens (primary N) is 1. The van der Waals surface area contributed by atoms with Gasteiger partial charge in [0, 0.05) is 12.2 Å². The van der Waals surface area contributed by atoms with Crippen LogP contribution in [-0.4, -0.2) is 23.5 Å². The minimum atomic E-state index is -1.14. The van der Waals surface area contributed by atoms with Crippen molar-refractivity contribution in [2.75, 3.05) is 11.9 Å². The number of anilines is 1. The third kappa shape index (κ3) is 3.21. The van der Waals surface area contributed by atoms with E-state index in [4.69, 9.17) is 22.4 Å². The molecule has 1 amide bonds. The van der Waals surface area contributed by atoms with Crippen LogP contribution in [0.15, 0.2) is 18.2 Å². The smallest absolute Gasteiger partial charge is 0.337 e. The summed E-state index contributed by atoms with van der Waals surface area (Å²) in [6.45, 7) is 3.60. The molecule has 0 aromatic heterocycles. The zero-order valence-corrected chi connectivity index (χ0v) is 10.9. The molecule has 0 aliphatic rings. The van der Waals surface area contributed by atoms with Crippen LogP contribution in [-0.2, 0) is 4.79 Å². The third-order valence-corrected chi connectivity index (χ3v) is 2.91. The van der Waals surface area contributed by atoms with Crippen molar-refractivity contribution in [1.29, 1.82) is 0 Å². The fourth-order valence-electron chi connectivity index (χ4n) is 1.16. The Morgan fingerprint density at radius 3 is 2.56 bits per heavy atom.